The Labute approximate surface area is 143 Å². The van der Waals surface area contributed by atoms with Crippen molar-refractivity contribution in [1.29, 1.82) is 0 Å². The van der Waals surface area contributed by atoms with Gasteiger partial charge < -0.3 is 9.80 Å². The van der Waals surface area contributed by atoms with Gasteiger partial charge in [0.2, 0.25) is 5.91 Å². The Balaban J connectivity index is 1.57. The van der Waals surface area contributed by atoms with Gasteiger partial charge in [-0.25, -0.2) is 9.37 Å². The van der Waals surface area contributed by atoms with Gasteiger partial charge in [0, 0.05) is 32.2 Å². The fraction of sp³-hybridized carbons (Fsp3) is 0.294. The molecule has 2 heterocycles. The van der Waals surface area contributed by atoms with Crippen molar-refractivity contribution in [2.75, 3.05) is 31.1 Å². The molecule has 1 amide bonds. The molecule has 0 spiro atoms. The number of anilines is 1. The number of carbonyl (C=O) groups excluding carboxylic acids is 1. The Morgan fingerprint density at radius 1 is 1.16 bits per heavy atom. The number of amides is 1. The number of aromatic nitrogens is 1. The van der Waals surface area contributed by atoms with Crippen LogP contribution in [0.15, 0.2) is 42.6 Å². The molecular weight excluding hydrogens is 327 g/mol. The molecule has 1 fully saturated rings. The maximum absolute atomic E-state index is 13.7. The molecule has 2 aromatic rings. The minimum atomic E-state index is -0.490. The van der Waals surface area contributed by atoms with Crippen molar-refractivity contribution in [2.24, 2.45) is 0 Å². The summed E-state index contributed by atoms with van der Waals surface area (Å²) in [6, 6.07) is 9.29. The summed E-state index contributed by atoms with van der Waals surface area (Å²) in [4.78, 5) is 30.3. The first-order chi connectivity index (χ1) is 12.0. The van der Waals surface area contributed by atoms with Gasteiger partial charge in [0.25, 0.3) is 5.69 Å². The molecule has 0 atom stereocenters. The van der Waals surface area contributed by atoms with Crippen LogP contribution < -0.4 is 4.90 Å². The number of hydrogen-bond acceptors (Lipinski definition) is 5. The second-order valence-corrected chi connectivity index (χ2v) is 5.77. The molecule has 0 unspecified atom stereocenters. The lowest BCUT2D eigenvalue weighted by atomic mass is 10.1. The first-order valence-corrected chi connectivity index (χ1v) is 7.91. The fourth-order valence-corrected chi connectivity index (χ4v) is 2.77. The molecule has 130 valence electrons. The molecule has 8 heteroatoms. The number of hydrogen-bond donors (Lipinski definition) is 0. The predicted octanol–water partition coefficient (Wildman–Crippen LogP) is 2.02. The van der Waals surface area contributed by atoms with Gasteiger partial charge in [0.1, 0.15) is 17.8 Å². The van der Waals surface area contributed by atoms with Crippen LogP contribution >= 0.6 is 0 Å². The Morgan fingerprint density at radius 3 is 2.48 bits per heavy atom. The van der Waals surface area contributed by atoms with Crippen molar-refractivity contribution < 1.29 is 14.1 Å². The lowest BCUT2D eigenvalue weighted by Crippen LogP contribution is -2.49. The normalized spacial score (nSPS) is 14.4. The zero-order chi connectivity index (χ0) is 17.8. The molecule has 0 bridgehead atoms. The van der Waals surface area contributed by atoms with E-state index in [1.807, 2.05) is 4.90 Å². The summed E-state index contributed by atoms with van der Waals surface area (Å²) in [5.41, 5.74) is 0.342. The van der Waals surface area contributed by atoms with E-state index in [9.17, 15) is 19.3 Å². The Kier molecular flexibility index (Phi) is 4.87. The van der Waals surface area contributed by atoms with Gasteiger partial charge >= 0.3 is 0 Å². The average Bonchev–Trinajstić information content (AvgIpc) is 2.64. The van der Waals surface area contributed by atoms with Crippen molar-refractivity contribution in [2.45, 2.75) is 6.42 Å². The number of nitrogens with zero attached hydrogens (tertiary/aromatic N) is 4. The summed E-state index contributed by atoms with van der Waals surface area (Å²) < 4.78 is 13.7. The topological polar surface area (TPSA) is 79.6 Å². The molecule has 0 N–H and O–H groups in total. The second-order valence-electron chi connectivity index (χ2n) is 5.77. The third-order valence-corrected chi connectivity index (χ3v) is 4.20. The largest absolute Gasteiger partial charge is 0.353 e. The van der Waals surface area contributed by atoms with Crippen LogP contribution in [-0.2, 0) is 11.2 Å². The van der Waals surface area contributed by atoms with Gasteiger partial charge in [-0.15, -0.1) is 0 Å². The summed E-state index contributed by atoms with van der Waals surface area (Å²) in [5, 5.41) is 10.7. The van der Waals surface area contributed by atoms with E-state index >= 15 is 0 Å². The number of carbonyl (C=O) groups is 1. The number of pyridine rings is 1. The van der Waals surface area contributed by atoms with Gasteiger partial charge in [-0.3, -0.25) is 14.9 Å². The number of benzene rings is 1. The Bertz CT molecular complexity index is 774. The Hall–Kier alpha value is -3.03. The molecule has 0 aliphatic carbocycles. The molecule has 3 rings (SSSR count). The summed E-state index contributed by atoms with van der Waals surface area (Å²) in [6.07, 6.45) is 1.27. The lowest BCUT2D eigenvalue weighted by Gasteiger charge is -2.35. The first kappa shape index (κ1) is 16.8. The van der Waals surface area contributed by atoms with E-state index in [2.05, 4.69) is 4.98 Å². The van der Waals surface area contributed by atoms with E-state index in [-0.39, 0.29) is 23.8 Å². The lowest BCUT2D eigenvalue weighted by molar-refractivity contribution is -0.385. The highest BCUT2D eigenvalue weighted by atomic mass is 19.1. The standard InChI is InChI=1S/C17H17FN4O3/c18-15-4-2-1-3-13(15)11-17(23)21-9-7-20(8-10-21)16-6-5-14(12-19-16)22(24)25/h1-6,12H,7-11H2. The van der Waals surface area contributed by atoms with Gasteiger partial charge in [0.05, 0.1) is 11.3 Å². The highest BCUT2D eigenvalue weighted by molar-refractivity contribution is 5.79. The molecule has 1 saturated heterocycles. The molecule has 0 saturated carbocycles. The summed E-state index contributed by atoms with van der Waals surface area (Å²) in [7, 11) is 0. The van der Waals surface area contributed by atoms with Crippen LogP contribution in [0, 0.1) is 15.9 Å². The number of halogens is 1. The van der Waals surface area contributed by atoms with E-state index in [0.717, 1.165) is 0 Å². The van der Waals surface area contributed by atoms with Crippen LogP contribution in [0.4, 0.5) is 15.9 Å². The predicted molar refractivity (Wildman–Crippen MR) is 89.8 cm³/mol. The zero-order valence-electron chi connectivity index (χ0n) is 13.5. The SMILES string of the molecule is O=C(Cc1ccccc1F)N1CCN(c2ccc([N+](=O)[O-])cn2)CC1. The van der Waals surface area contributed by atoms with E-state index < -0.39 is 4.92 Å². The molecule has 1 aromatic heterocycles. The number of nitro groups is 1. The fourth-order valence-electron chi connectivity index (χ4n) is 2.77. The van der Waals surface area contributed by atoms with Crippen LogP contribution in [0.25, 0.3) is 0 Å². The summed E-state index contributed by atoms with van der Waals surface area (Å²) >= 11 is 0. The summed E-state index contributed by atoms with van der Waals surface area (Å²) in [6.45, 7) is 2.17. The first-order valence-electron chi connectivity index (χ1n) is 7.91. The van der Waals surface area contributed by atoms with Crippen LogP contribution in [0.2, 0.25) is 0 Å². The molecule has 1 aliphatic rings. The third-order valence-electron chi connectivity index (χ3n) is 4.20. The van der Waals surface area contributed by atoms with Gasteiger partial charge in [0.15, 0.2) is 0 Å². The van der Waals surface area contributed by atoms with Crippen molar-refractivity contribution in [3.8, 4) is 0 Å². The number of piperazine rings is 1. The monoisotopic (exact) mass is 344 g/mol. The van der Waals surface area contributed by atoms with Crippen LogP contribution in [0.1, 0.15) is 5.56 Å². The third kappa shape index (κ3) is 3.90. The van der Waals surface area contributed by atoms with Gasteiger partial charge in [-0.2, -0.15) is 0 Å². The van der Waals surface area contributed by atoms with Crippen LogP contribution in [-0.4, -0.2) is 46.9 Å². The van der Waals surface area contributed by atoms with Crippen molar-refractivity contribution in [1.82, 2.24) is 9.88 Å². The maximum Gasteiger partial charge on any atom is 0.287 e. The molecule has 7 nitrogen and oxygen atoms in total. The molecular formula is C17H17FN4O3. The van der Waals surface area contributed by atoms with Crippen LogP contribution in [0.3, 0.4) is 0 Å². The van der Waals surface area contributed by atoms with Crippen molar-refractivity contribution in [3.05, 3.63) is 64.1 Å². The molecule has 25 heavy (non-hydrogen) atoms. The maximum atomic E-state index is 13.7. The Morgan fingerprint density at radius 2 is 1.88 bits per heavy atom. The zero-order valence-corrected chi connectivity index (χ0v) is 13.5. The molecule has 0 radical (unpaired) electrons. The van der Waals surface area contributed by atoms with Crippen LogP contribution in [0.5, 0.6) is 0 Å². The molecule has 1 aromatic carbocycles. The minimum Gasteiger partial charge on any atom is -0.353 e. The van der Waals surface area contributed by atoms with Gasteiger partial charge in [-0.05, 0) is 17.7 Å². The van der Waals surface area contributed by atoms with Crippen molar-refractivity contribution in [3.63, 3.8) is 0 Å². The number of rotatable bonds is 4. The van der Waals surface area contributed by atoms with E-state index in [0.29, 0.717) is 37.6 Å². The minimum absolute atomic E-state index is 0.0441. The quantitative estimate of drug-likeness (QED) is 0.626. The van der Waals surface area contributed by atoms with Crippen molar-refractivity contribution >= 4 is 17.4 Å². The second kappa shape index (κ2) is 7.25. The van der Waals surface area contributed by atoms with E-state index in [4.69, 9.17) is 0 Å². The summed E-state index contributed by atoms with van der Waals surface area (Å²) in [5.74, 6) is 0.165. The van der Waals surface area contributed by atoms with Gasteiger partial charge in [-0.1, -0.05) is 18.2 Å². The van der Waals surface area contributed by atoms with E-state index in [1.165, 1.54) is 18.3 Å². The smallest absolute Gasteiger partial charge is 0.287 e. The molecule has 1 aliphatic heterocycles. The van der Waals surface area contributed by atoms with E-state index in [1.54, 1.807) is 29.2 Å². The highest BCUT2D eigenvalue weighted by Crippen LogP contribution is 2.18. The highest BCUT2D eigenvalue weighted by Gasteiger charge is 2.23. The average molecular weight is 344 g/mol.